The smallest absolute Gasteiger partial charge is 0.340 e. The lowest BCUT2D eigenvalue weighted by molar-refractivity contribution is -0.137. The summed E-state index contributed by atoms with van der Waals surface area (Å²) in [5, 5.41) is 4.28. The second-order valence-corrected chi connectivity index (χ2v) is 8.63. The predicted octanol–water partition coefficient (Wildman–Crippen LogP) is 4.93. The van der Waals surface area contributed by atoms with Gasteiger partial charge in [0.05, 0.1) is 45.3 Å². The van der Waals surface area contributed by atoms with Gasteiger partial charge in [-0.1, -0.05) is 18.2 Å². The minimum absolute atomic E-state index is 0.0997. The van der Waals surface area contributed by atoms with Crippen LogP contribution >= 0.6 is 0 Å². The first kappa shape index (κ1) is 22.8. The average molecular weight is 481 g/mol. The molecule has 10 heteroatoms. The van der Waals surface area contributed by atoms with Crippen LogP contribution in [0.1, 0.15) is 52.0 Å². The van der Waals surface area contributed by atoms with E-state index in [9.17, 15) is 22.8 Å². The largest absolute Gasteiger partial charge is 0.416 e. The van der Waals surface area contributed by atoms with Crippen LogP contribution in [0, 0.1) is 13.8 Å². The van der Waals surface area contributed by atoms with Crippen LogP contribution in [0.25, 0.3) is 16.7 Å². The van der Waals surface area contributed by atoms with E-state index in [4.69, 9.17) is 0 Å². The molecule has 7 nitrogen and oxygen atoms in total. The van der Waals surface area contributed by atoms with Crippen molar-refractivity contribution in [1.29, 1.82) is 0 Å². The van der Waals surface area contributed by atoms with E-state index in [1.165, 1.54) is 21.7 Å². The number of H-pyrrole nitrogens is 1. The number of aromatic nitrogens is 4. The van der Waals surface area contributed by atoms with E-state index in [-0.39, 0.29) is 23.0 Å². The number of nitrogens with zero attached hydrogens (tertiary/aromatic N) is 4. The van der Waals surface area contributed by atoms with Gasteiger partial charge in [-0.15, -0.1) is 0 Å². The Balaban J connectivity index is 1.45. The number of aryl methyl sites for hydroxylation is 1. The van der Waals surface area contributed by atoms with Crippen molar-refractivity contribution in [1.82, 2.24) is 24.6 Å². The lowest BCUT2D eigenvalue weighted by Crippen LogP contribution is -2.37. The van der Waals surface area contributed by atoms with Crippen molar-refractivity contribution in [3.05, 3.63) is 76.9 Å². The maximum atomic E-state index is 13.3. The molecule has 2 aromatic carbocycles. The Hall–Kier alpha value is -3.95. The highest BCUT2D eigenvalue weighted by Gasteiger charge is 2.37. The number of likely N-dealkylation sites (tertiary alicyclic amines) is 1. The van der Waals surface area contributed by atoms with E-state index < -0.39 is 23.4 Å². The second-order valence-electron chi connectivity index (χ2n) is 8.63. The average Bonchev–Trinajstić information content (AvgIpc) is 3.54. The summed E-state index contributed by atoms with van der Waals surface area (Å²) in [6.07, 6.45) is -3.12. The van der Waals surface area contributed by atoms with Crippen molar-refractivity contribution >= 4 is 22.7 Å². The summed E-state index contributed by atoms with van der Waals surface area (Å²) in [5.41, 5.74) is 1.65. The van der Waals surface area contributed by atoms with E-state index in [0.29, 0.717) is 24.5 Å². The Kier molecular flexibility index (Phi) is 5.46. The highest BCUT2D eigenvalue weighted by molar-refractivity contribution is 6.43. The van der Waals surface area contributed by atoms with Gasteiger partial charge in [0.1, 0.15) is 5.82 Å². The highest BCUT2D eigenvalue weighted by atomic mass is 19.4. The maximum Gasteiger partial charge on any atom is 0.416 e. The fourth-order valence-corrected chi connectivity index (χ4v) is 4.70. The summed E-state index contributed by atoms with van der Waals surface area (Å²) in [7, 11) is 0. The van der Waals surface area contributed by atoms with E-state index in [0.717, 1.165) is 29.6 Å². The van der Waals surface area contributed by atoms with Crippen molar-refractivity contribution in [2.75, 3.05) is 6.54 Å². The third-order valence-corrected chi connectivity index (χ3v) is 6.37. The van der Waals surface area contributed by atoms with Crippen LogP contribution in [0.3, 0.4) is 0 Å². The summed E-state index contributed by atoms with van der Waals surface area (Å²) in [5.74, 6) is -0.790. The maximum absolute atomic E-state index is 13.3. The summed E-state index contributed by atoms with van der Waals surface area (Å²) in [4.78, 5) is 36.0. The summed E-state index contributed by atoms with van der Waals surface area (Å²) in [6, 6.07) is 11.9. The number of carbonyl (C=O) groups excluding carboxylic acids is 2. The van der Waals surface area contributed by atoms with Gasteiger partial charge in [-0.25, -0.2) is 9.67 Å². The van der Waals surface area contributed by atoms with E-state index >= 15 is 0 Å². The molecule has 180 valence electrons. The molecule has 0 saturated carbocycles. The molecular formula is C25H22F3N5O2. The van der Waals surface area contributed by atoms with Gasteiger partial charge in [-0.05, 0) is 57.0 Å². The number of nitrogens with one attached hydrogen (secondary N) is 1. The van der Waals surface area contributed by atoms with Crippen molar-refractivity contribution in [3.63, 3.8) is 0 Å². The van der Waals surface area contributed by atoms with Gasteiger partial charge < -0.3 is 9.88 Å². The molecule has 1 fully saturated rings. The number of ketones is 1. The number of hydrogen-bond acceptors (Lipinski definition) is 4. The van der Waals surface area contributed by atoms with Crippen molar-refractivity contribution in [2.24, 2.45) is 0 Å². The summed E-state index contributed by atoms with van der Waals surface area (Å²) in [6.45, 7) is 3.55. The molecule has 1 saturated heterocycles. The van der Waals surface area contributed by atoms with Gasteiger partial charge in [-0.2, -0.15) is 18.3 Å². The van der Waals surface area contributed by atoms with Crippen molar-refractivity contribution < 1.29 is 22.8 Å². The standard InChI is InChI=1S/C25H22F3N5O2/c1-14-21(15(2)33(31-14)17-8-5-7-16(13-17)25(26,27)28)22(34)24(35)32-12-6-11-20(32)23-29-18-9-3-4-10-19(18)30-23/h3-5,7-10,13,20H,6,11-12H2,1-2H3,(H,29,30). The molecule has 1 unspecified atom stereocenters. The molecule has 2 aromatic heterocycles. The molecule has 1 atom stereocenters. The van der Waals surface area contributed by atoms with E-state index in [2.05, 4.69) is 15.1 Å². The number of imidazole rings is 1. The van der Waals surface area contributed by atoms with Gasteiger partial charge in [0, 0.05) is 6.54 Å². The Labute approximate surface area is 198 Å². The summed E-state index contributed by atoms with van der Waals surface area (Å²) >= 11 is 0. The number of carbonyl (C=O) groups is 2. The lowest BCUT2D eigenvalue weighted by atomic mass is 10.1. The van der Waals surface area contributed by atoms with Crippen molar-refractivity contribution in [3.8, 4) is 5.69 Å². The molecule has 1 N–H and O–H groups in total. The van der Waals surface area contributed by atoms with Crippen LogP contribution in [0.5, 0.6) is 0 Å². The van der Waals surface area contributed by atoms with Gasteiger partial charge >= 0.3 is 6.18 Å². The number of Topliss-reactive ketones (excluding diaryl/α,β-unsaturated/α-hetero) is 1. The third-order valence-electron chi connectivity index (χ3n) is 6.37. The van der Waals surface area contributed by atoms with Crippen LogP contribution in [-0.2, 0) is 11.0 Å². The van der Waals surface area contributed by atoms with Gasteiger partial charge in [0.2, 0.25) is 0 Å². The monoisotopic (exact) mass is 481 g/mol. The first-order valence-corrected chi connectivity index (χ1v) is 11.2. The molecular weight excluding hydrogens is 459 g/mol. The molecule has 1 aliphatic heterocycles. The summed E-state index contributed by atoms with van der Waals surface area (Å²) < 4.78 is 40.8. The Morgan fingerprint density at radius 3 is 2.60 bits per heavy atom. The quantitative estimate of drug-likeness (QED) is 0.331. The SMILES string of the molecule is Cc1nn(-c2cccc(C(F)(F)F)c2)c(C)c1C(=O)C(=O)N1CCCC1c1nc2ccccc2[nH]1. The van der Waals surface area contributed by atoms with E-state index in [1.54, 1.807) is 13.8 Å². The predicted molar refractivity (Wildman–Crippen MR) is 122 cm³/mol. The van der Waals surface area contributed by atoms with E-state index in [1.807, 2.05) is 24.3 Å². The molecule has 35 heavy (non-hydrogen) atoms. The fraction of sp³-hybridized carbons (Fsp3) is 0.280. The van der Waals surface area contributed by atoms with Crippen LogP contribution < -0.4 is 0 Å². The zero-order valence-corrected chi connectivity index (χ0v) is 19.1. The van der Waals surface area contributed by atoms with Gasteiger partial charge in [0.25, 0.3) is 11.7 Å². The highest BCUT2D eigenvalue weighted by Crippen LogP contribution is 2.33. The topological polar surface area (TPSA) is 83.9 Å². The fourth-order valence-electron chi connectivity index (χ4n) is 4.70. The van der Waals surface area contributed by atoms with Gasteiger partial charge in [0.15, 0.2) is 0 Å². The molecule has 0 radical (unpaired) electrons. The van der Waals surface area contributed by atoms with Crippen LogP contribution in [-0.4, -0.2) is 42.9 Å². The lowest BCUT2D eigenvalue weighted by Gasteiger charge is -2.22. The van der Waals surface area contributed by atoms with Crippen LogP contribution in [0.4, 0.5) is 13.2 Å². The third kappa shape index (κ3) is 3.98. The number of halogens is 3. The number of benzene rings is 2. The zero-order valence-electron chi connectivity index (χ0n) is 19.1. The molecule has 4 aromatic rings. The Morgan fingerprint density at radius 1 is 1.09 bits per heavy atom. The first-order valence-electron chi connectivity index (χ1n) is 11.2. The minimum atomic E-state index is -4.51. The Morgan fingerprint density at radius 2 is 1.86 bits per heavy atom. The molecule has 5 rings (SSSR count). The zero-order chi connectivity index (χ0) is 24.9. The number of aromatic amines is 1. The number of fused-ring (bicyclic) bond motifs is 1. The van der Waals surface area contributed by atoms with Crippen molar-refractivity contribution in [2.45, 2.75) is 38.9 Å². The van der Waals surface area contributed by atoms with Crippen LogP contribution in [0.15, 0.2) is 48.5 Å². The molecule has 1 aliphatic rings. The molecule has 0 spiro atoms. The molecule has 0 bridgehead atoms. The second kappa shape index (κ2) is 8.37. The number of amides is 1. The molecule has 3 heterocycles. The number of hydrogen-bond donors (Lipinski definition) is 1. The number of alkyl halides is 3. The number of rotatable bonds is 4. The van der Waals surface area contributed by atoms with Gasteiger partial charge in [-0.3, -0.25) is 9.59 Å². The first-order chi connectivity index (χ1) is 16.6. The molecule has 0 aliphatic carbocycles. The normalized spacial score (nSPS) is 16.3. The minimum Gasteiger partial charge on any atom is -0.340 e. The number of para-hydroxylation sites is 2. The molecule has 1 amide bonds. The van der Waals surface area contributed by atoms with Crippen LogP contribution in [0.2, 0.25) is 0 Å². The Bertz CT molecular complexity index is 1420.